The van der Waals surface area contributed by atoms with Crippen molar-refractivity contribution in [3.8, 4) is 6.07 Å². The average Bonchev–Trinajstić information content (AvgIpc) is 3.18. The van der Waals surface area contributed by atoms with Gasteiger partial charge >= 0.3 is 0 Å². The molecule has 0 N–H and O–H groups in total. The second-order valence-electron chi connectivity index (χ2n) is 5.78. The molecule has 5 nitrogen and oxygen atoms in total. The highest BCUT2D eigenvalue weighted by Gasteiger charge is 2.21. The van der Waals surface area contributed by atoms with E-state index in [9.17, 15) is 4.79 Å². The van der Waals surface area contributed by atoms with Crippen LogP contribution in [-0.4, -0.2) is 21.5 Å². The van der Waals surface area contributed by atoms with Gasteiger partial charge in [-0.25, -0.2) is 4.98 Å². The first-order valence-corrected chi connectivity index (χ1v) is 9.25. The fourth-order valence-corrected chi connectivity index (χ4v) is 3.52. The van der Waals surface area contributed by atoms with Gasteiger partial charge in [-0.3, -0.25) is 4.79 Å². The van der Waals surface area contributed by atoms with E-state index in [0.29, 0.717) is 17.1 Å². The molecular weight excluding hydrogens is 334 g/mol. The smallest absolute Gasteiger partial charge is 0.237 e. The first-order chi connectivity index (χ1) is 12.3. The highest BCUT2D eigenvalue weighted by atomic mass is 32.2. The fraction of sp³-hybridized carbons (Fsp3) is 0.316. The van der Waals surface area contributed by atoms with Gasteiger partial charge in [-0.1, -0.05) is 17.8 Å². The third-order valence-corrected chi connectivity index (χ3v) is 4.93. The number of nitriles is 1. The molecule has 0 bridgehead atoms. The third kappa shape index (κ3) is 4.74. The summed E-state index contributed by atoms with van der Waals surface area (Å²) in [6.07, 6.45) is 9.58. The highest BCUT2D eigenvalue weighted by molar-refractivity contribution is 7.99. The lowest BCUT2D eigenvalue weighted by atomic mass is 10.0. The maximum atomic E-state index is 12.8. The van der Waals surface area contributed by atoms with Gasteiger partial charge in [-0.2, -0.15) is 5.26 Å². The van der Waals surface area contributed by atoms with Crippen LogP contribution in [0, 0.1) is 11.3 Å². The summed E-state index contributed by atoms with van der Waals surface area (Å²) in [5, 5.41) is 9.64. The molecule has 0 saturated heterocycles. The number of furan rings is 1. The number of nitrogens with zero attached hydrogens (tertiary/aromatic N) is 3. The molecule has 25 heavy (non-hydrogen) atoms. The number of hydrogen-bond acceptors (Lipinski definition) is 5. The summed E-state index contributed by atoms with van der Waals surface area (Å²) in [6.45, 7) is 0.448. The molecule has 0 spiro atoms. The summed E-state index contributed by atoms with van der Waals surface area (Å²) in [5.74, 6) is 1.08. The summed E-state index contributed by atoms with van der Waals surface area (Å²) in [5.41, 5.74) is 1.62. The minimum atomic E-state index is 0.0266. The molecule has 0 aliphatic heterocycles. The van der Waals surface area contributed by atoms with Gasteiger partial charge in [0, 0.05) is 11.9 Å². The maximum Gasteiger partial charge on any atom is 0.237 e. The number of allylic oxidation sites excluding steroid dienone is 2. The van der Waals surface area contributed by atoms with Crippen LogP contribution in [0.2, 0.25) is 0 Å². The Labute approximate surface area is 151 Å². The van der Waals surface area contributed by atoms with E-state index in [1.165, 1.54) is 18.2 Å². The number of thioether (sulfide) groups is 1. The largest absolute Gasteiger partial charge is 0.467 e. The standard InChI is InChI=1S/C19H19N3O2S/c20-12-15-8-9-21-18(11-15)25-14-19(23)22(13-17-7-4-10-24-17)16-5-2-1-3-6-16/h4-5,7-11H,1-3,6,13-14H2. The first-order valence-electron chi connectivity index (χ1n) is 8.27. The Bertz CT molecular complexity index is 793. The maximum absolute atomic E-state index is 12.8. The van der Waals surface area contributed by atoms with Gasteiger partial charge in [-0.05, 0) is 49.9 Å². The van der Waals surface area contributed by atoms with Crippen molar-refractivity contribution < 1.29 is 9.21 Å². The Morgan fingerprint density at radius 1 is 1.40 bits per heavy atom. The monoisotopic (exact) mass is 353 g/mol. The van der Waals surface area contributed by atoms with Gasteiger partial charge in [0.05, 0.1) is 35.2 Å². The van der Waals surface area contributed by atoms with E-state index >= 15 is 0 Å². The SMILES string of the molecule is N#Cc1ccnc(SCC(=O)N(Cc2ccco2)C2=CCCCC2)c1. The lowest BCUT2D eigenvalue weighted by molar-refractivity contribution is -0.127. The van der Waals surface area contributed by atoms with Crippen molar-refractivity contribution >= 4 is 17.7 Å². The van der Waals surface area contributed by atoms with Gasteiger partial charge in [0.1, 0.15) is 5.76 Å². The highest BCUT2D eigenvalue weighted by Crippen LogP contribution is 2.25. The van der Waals surface area contributed by atoms with Crippen LogP contribution in [0.15, 0.2) is 57.9 Å². The van der Waals surface area contributed by atoms with Crippen molar-refractivity contribution in [2.45, 2.75) is 37.3 Å². The molecule has 0 fully saturated rings. The predicted octanol–water partition coefficient (Wildman–Crippen LogP) is 4.13. The van der Waals surface area contributed by atoms with Crippen molar-refractivity contribution in [3.63, 3.8) is 0 Å². The van der Waals surface area contributed by atoms with Crippen LogP contribution >= 0.6 is 11.8 Å². The molecule has 6 heteroatoms. The molecular formula is C19H19N3O2S. The predicted molar refractivity (Wildman–Crippen MR) is 95.5 cm³/mol. The molecule has 3 rings (SSSR count). The number of hydrogen-bond donors (Lipinski definition) is 0. The van der Waals surface area contributed by atoms with Crippen LogP contribution in [0.5, 0.6) is 0 Å². The lowest BCUT2D eigenvalue weighted by Crippen LogP contribution is -2.32. The summed E-state index contributed by atoms with van der Waals surface area (Å²) in [4.78, 5) is 18.9. The van der Waals surface area contributed by atoms with Crippen molar-refractivity contribution in [2.75, 3.05) is 5.75 Å². The number of aromatic nitrogens is 1. The van der Waals surface area contributed by atoms with Gasteiger partial charge in [0.25, 0.3) is 0 Å². The molecule has 1 aliphatic carbocycles. The van der Waals surface area contributed by atoms with Gasteiger partial charge in [0.15, 0.2) is 0 Å². The quantitative estimate of drug-likeness (QED) is 0.731. The molecule has 2 heterocycles. The molecule has 0 atom stereocenters. The van der Waals surface area contributed by atoms with Crippen LogP contribution in [0.4, 0.5) is 0 Å². The second kappa shape index (κ2) is 8.54. The Balaban J connectivity index is 1.69. The van der Waals surface area contributed by atoms with Crippen molar-refractivity contribution in [1.29, 1.82) is 5.26 Å². The number of pyridine rings is 1. The second-order valence-corrected chi connectivity index (χ2v) is 6.78. The topological polar surface area (TPSA) is 70.1 Å². The van der Waals surface area contributed by atoms with Crippen LogP contribution in [0.3, 0.4) is 0 Å². The van der Waals surface area contributed by atoms with Crippen LogP contribution in [0.25, 0.3) is 0 Å². The van der Waals surface area contributed by atoms with Crippen molar-refractivity contribution in [2.24, 2.45) is 0 Å². The number of carbonyl (C=O) groups is 1. The number of amides is 1. The van der Waals surface area contributed by atoms with E-state index in [0.717, 1.165) is 30.7 Å². The van der Waals surface area contributed by atoms with E-state index < -0.39 is 0 Å². The van der Waals surface area contributed by atoms with E-state index in [4.69, 9.17) is 9.68 Å². The van der Waals surface area contributed by atoms with E-state index in [1.54, 1.807) is 24.6 Å². The zero-order valence-electron chi connectivity index (χ0n) is 13.9. The van der Waals surface area contributed by atoms with Gasteiger partial charge in [0.2, 0.25) is 5.91 Å². The number of rotatable bonds is 6. The van der Waals surface area contributed by atoms with Gasteiger partial charge in [-0.15, -0.1) is 0 Å². The minimum Gasteiger partial charge on any atom is -0.467 e. The molecule has 0 saturated carbocycles. The molecule has 0 unspecified atom stereocenters. The molecule has 0 radical (unpaired) electrons. The average molecular weight is 353 g/mol. The van der Waals surface area contributed by atoms with Crippen LogP contribution in [0.1, 0.15) is 37.0 Å². The molecule has 0 aromatic carbocycles. The Morgan fingerprint density at radius 3 is 3.04 bits per heavy atom. The molecule has 1 amide bonds. The Morgan fingerprint density at radius 2 is 2.32 bits per heavy atom. The normalized spacial score (nSPS) is 13.8. The molecule has 1 aliphatic rings. The fourth-order valence-electron chi connectivity index (χ4n) is 2.75. The minimum absolute atomic E-state index is 0.0266. The molecule has 2 aromatic heterocycles. The summed E-state index contributed by atoms with van der Waals surface area (Å²) in [6, 6.07) is 9.16. The van der Waals surface area contributed by atoms with E-state index in [-0.39, 0.29) is 11.7 Å². The first kappa shape index (κ1) is 17.3. The van der Waals surface area contributed by atoms with Crippen LogP contribution < -0.4 is 0 Å². The van der Waals surface area contributed by atoms with Crippen molar-refractivity contribution in [3.05, 3.63) is 59.8 Å². The molecule has 128 valence electrons. The zero-order valence-corrected chi connectivity index (χ0v) is 14.7. The third-order valence-electron chi connectivity index (χ3n) is 4.02. The summed E-state index contributed by atoms with van der Waals surface area (Å²) in [7, 11) is 0. The molecule has 2 aromatic rings. The summed E-state index contributed by atoms with van der Waals surface area (Å²) < 4.78 is 5.42. The number of carbonyl (C=O) groups excluding carboxylic acids is 1. The van der Waals surface area contributed by atoms with Crippen LogP contribution in [-0.2, 0) is 11.3 Å². The van der Waals surface area contributed by atoms with E-state index in [2.05, 4.69) is 17.1 Å². The van der Waals surface area contributed by atoms with E-state index in [1.807, 2.05) is 17.0 Å². The Kier molecular flexibility index (Phi) is 5.91. The van der Waals surface area contributed by atoms with Crippen molar-refractivity contribution in [1.82, 2.24) is 9.88 Å². The van der Waals surface area contributed by atoms with Gasteiger partial charge < -0.3 is 9.32 Å². The summed E-state index contributed by atoms with van der Waals surface area (Å²) >= 11 is 1.35. The zero-order chi connectivity index (χ0) is 17.5. The lowest BCUT2D eigenvalue weighted by Gasteiger charge is -2.27. The Hall–Kier alpha value is -2.52.